The van der Waals surface area contributed by atoms with Crippen molar-refractivity contribution in [2.24, 2.45) is 0 Å². The third-order valence-electron chi connectivity index (χ3n) is 1.63. The minimum atomic E-state index is -4.27. The van der Waals surface area contributed by atoms with Crippen LogP contribution in [0.5, 0.6) is 0 Å². The Labute approximate surface area is 68.4 Å². The molecule has 12 heavy (non-hydrogen) atoms. The van der Waals surface area contributed by atoms with Crippen LogP contribution in [0.2, 0.25) is 0 Å². The summed E-state index contributed by atoms with van der Waals surface area (Å²) in [5, 5.41) is 2.17. The van der Waals surface area contributed by atoms with Crippen molar-refractivity contribution in [2.75, 3.05) is 13.7 Å². The highest BCUT2D eigenvalue weighted by molar-refractivity contribution is 5.09. The predicted octanol–water partition coefficient (Wildman–Crippen LogP) is 1.44. The standard InChI is InChI=1S/C7H10F3NO/c1-11-6(7(8,9)10)5-3-2-4-12-5/h3,6,11H,2,4H2,1H3. The van der Waals surface area contributed by atoms with Gasteiger partial charge in [-0.2, -0.15) is 13.2 Å². The van der Waals surface area contributed by atoms with E-state index in [0.29, 0.717) is 13.0 Å². The van der Waals surface area contributed by atoms with Crippen molar-refractivity contribution >= 4 is 0 Å². The predicted molar refractivity (Wildman–Crippen MR) is 37.6 cm³/mol. The second kappa shape index (κ2) is 3.35. The summed E-state index contributed by atoms with van der Waals surface area (Å²) in [4.78, 5) is 0. The van der Waals surface area contributed by atoms with Gasteiger partial charge in [0.15, 0.2) is 6.04 Å². The minimum Gasteiger partial charge on any atom is -0.496 e. The van der Waals surface area contributed by atoms with E-state index >= 15 is 0 Å². The summed E-state index contributed by atoms with van der Waals surface area (Å²) in [5.41, 5.74) is 0. The third-order valence-corrected chi connectivity index (χ3v) is 1.63. The Morgan fingerprint density at radius 1 is 1.58 bits per heavy atom. The number of rotatable bonds is 2. The second-order valence-electron chi connectivity index (χ2n) is 2.51. The lowest BCUT2D eigenvalue weighted by atomic mass is 10.2. The fourth-order valence-electron chi connectivity index (χ4n) is 1.11. The molecule has 70 valence electrons. The van der Waals surface area contributed by atoms with E-state index in [9.17, 15) is 13.2 Å². The van der Waals surface area contributed by atoms with Gasteiger partial charge in [-0.05, 0) is 13.1 Å². The molecule has 0 saturated heterocycles. The summed E-state index contributed by atoms with van der Waals surface area (Å²) < 4.78 is 41.4. The highest BCUT2D eigenvalue weighted by Crippen LogP contribution is 2.27. The molecule has 1 aliphatic rings. The van der Waals surface area contributed by atoms with Crippen LogP contribution in [0.4, 0.5) is 13.2 Å². The molecule has 0 aromatic carbocycles. The van der Waals surface area contributed by atoms with E-state index in [2.05, 4.69) is 5.32 Å². The molecule has 0 saturated carbocycles. The van der Waals surface area contributed by atoms with Crippen molar-refractivity contribution in [3.63, 3.8) is 0 Å². The molecule has 0 amide bonds. The molecule has 1 N–H and O–H groups in total. The maximum absolute atomic E-state index is 12.2. The van der Waals surface area contributed by atoms with Crippen molar-refractivity contribution < 1.29 is 17.9 Å². The van der Waals surface area contributed by atoms with Crippen LogP contribution in [-0.4, -0.2) is 25.9 Å². The average Bonchev–Trinajstić information content (AvgIpc) is 2.38. The van der Waals surface area contributed by atoms with E-state index in [4.69, 9.17) is 4.74 Å². The summed E-state index contributed by atoms with van der Waals surface area (Å²) in [7, 11) is 1.26. The van der Waals surface area contributed by atoms with E-state index in [1.165, 1.54) is 13.1 Å². The smallest absolute Gasteiger partial charge is 0.410 e. The van der Waals surface area contributed by atoms with Crippen LogP contribution in [0, 0.1) is 0 Å². The van der Waals surface area contributed by atoms with Gasteiger partial charge in [0.25, 0.3) is 0 Å². The Kier molecular flexibility index (Phi) is 2.62. The van der Waals surface area contributed by atoms with Crippen LogP contribution in [-0.2, 0) is 4.74 Å². The molecule has 1 aliphatic heterocycles. The van der Waals surface area contributed by atoms with E-state index in [0.717, 1.165) is 0 Å². The summed E-state index contributed by atoms with van der Waals surface area (Å²) in [5.74, 6) is -0.00926. The number of ether oxygens (including phenoxy) is 1. The van der Waals surface area contributed by atoms with Crippen LogP contribution in [0.1, 0.15) is 6.42 Å². The van der Waals surface area contributed by atoms with Crippen LogP contribution >= 0.6 is 0 Å². The Morgan fingerprint density at radius 3 is 2.58 bits per heavy atom. The van der Waals surface area contributed by atoms with Crippen LogP contribution in [0.25, 0.3) is 0 Å². The Hall–Kier alpha value is -0.710. The first-order valence-electron chi connectivity index (χ1n) is 3.62. The monoisotopic (exact) mass is 181 g/mol. The van der Waals surface area contributed by atoms with Crippen molar-refractivity contribution in [3.05, 3.63) is 11.8 Å². The van der Waals surface area contributed by atoms with Crippen molar-refractivity contribution in [3.8, 4) is 0 Å². The first-order chi connectivity index (χ1) is 5.55. The van der Waals surface area contributed by atoms with Gasteiger partial charge in [-0.25, -0.2) is 0 Å². The SMILES string of the molecule is CNC(C1=CCCO1)C(F)(F)F. The second-order valence-corrected chi connectivity index (χ2v) is 2.51. The highest BCUT2D eigenvalue weighted by Gasteiger charge is 2.42. The first kappa shape index (κ1) is 9.38. The summed E-state index contributed by atoms with van der Waals surface area (Å²) >= 11 is 0. The lowest BCUT2D eigenvalue weighted by Gasteiger charge is -2.20. The molecule has 5 heteroatoms. The molecular weight excluding hydrogens is 171 g/mol. The maximum Gasteiger partial charge on any atom is 0.410 e. The van der Waals surface area contributed by atoms with Crippen LogP contribution in [0.15, 0.2) is 11.8 Å². The summed E-state index contributed by atoms with van der Waals surface area (Å²) in [6.45, 7) is 0.351. The molecule has 1 heterocycles. The molecule has 0 radical (unpaired) electrons. The molecular formula is C7H10F3NO. The Bertz CT molecular complexity index is 188. The fourth-order valence-corrected chi connectivity index (χ4v) is 1.11. The molecule has 0 aromatic heterocycles. The van der Waals surface area contributed by atoms with Gasteiger partial charge in [-0.15, -0.1) is 0 Å². The molecule has 1 rings (SSSR count). The number of likely N-dealkylation sites (N-methyl/N-ethyl adjacent to an activating group) is 1. The van der Waals surface area contributed by atoms with E-state index in [1.54, 1.807) is 0 Å². The van der Waals surface area contributed by atoms with Crippen molar-refractivity contribution in [2.45, 2.75) is 18.6 Å². The fraction of sp³-hybridized carbons (Fsp3) is 0.714. The number of hydrogen-bond acceptors (Lipinski definition) is 2. The molecule has 1 unspecified atom stereocenters. The molecule has 0 spiro atoms. The first-order valence-corrected chi connectivity index (χ1v) is 3.62. The lowest BCUT2D eigenvalue weighted by molar-refractivity contribution is -0.153. The number of halogens is 3. The van der Waals surface area contributed by atoms with Crippen LogP contribution in [0.3, 0.4) is 0 Å². The largest absolute Gasteiger partial charge is 0.496 e. The van der Waals surface area contributed by atoms with Gasteiger partial charge < -0.3 is 10.1 Å². The van der Waals surface area contributed by atoms with Gasteiger partial charge in [0.05, 0.1) is 6.61 Å². The van der Waals surface area contributed by atoms with E-state index in [1.807, 2.05) is 0 Å². The normalized spacial score (nSPS) is 20.2. The lowest BCUT2D eigenvalue weighted by Crippen LogP contribution is -2.41. The molecule has 1 atom stereocenters. The summed E-state index contributed by atoms with van der Waals surface area (Å²) in [6, 6.07) is -1.65. The summed E-state index contributed by atoms with van der Waals surface area (Å²) in [6.07, 6.45) is -2.25. The molecule has 0 fully saturated rings. The van der Waals surface area contributed by atoms with Gasteiger partial charge in [0.2, 0.25) is 0 Å². The average molecular weight is 181 g/mol. The zero-order valence-electron chi connectivity index (χ0n) is 6.61. The van der Waals surface area contributed by atoms with E-state index in [-0.39, 0.29) is 5.76 Å². The minimum absolute atomic E-state index is 0.00926. The molecule has 0 bridgehead atoms. The van der Waals surface area contributed by atoms with Gasteiger partial charge in [0.1, 0.15) is 5.76 Å². The van der Waals surface area contributed by atoms with Crippen molar-refractivity contribution in [1.82, 2.24) is 5.32 Å². The molecule has 2 nitrogen and oxygen atoms in total. The maximum atomic E-state index is 12.2. The van der Waals surface area contributed by atoms with Gasteiger partial charge in [-0.1, -0.05) is 0 Å². The number of alkyl halides is 3. The number of nitrogens with one attached hydrogen (secondary N) is 1. The van der Waals surface area contributed by atoms with Gasteiger partial charge in [0, 0.05) is 6.42 Å². The zero-order chi connectivity index (χ0) is 9.19. The topological polar surface area (TPSA) is 21.3 Å². The third kappa shape index (κ3) is 1.91. The van der Waals surface area contributed by atoms with E-state index < -0.39 is 12.2 Å². The highest BCUT2D eigenvalue weighted by atomic mass is 19.4. The van der Waals surface area contributed by atoms with Crippen molar-refractivity contribution in [1.29, 1.82) is 0 Å². The quantitative estimate of drug-likeness (QED) is 0.696. The Balaban J connectivity index is 2.68. The van der Waals surface area contributed by atoms with Crippen LogP contribution < -0.4 is 5.32 Å². The van der Waals surface area contributed by atoms with Gasteiger partial charge >= 0.3 is 6.18 Å². The molecule has 0 aliphatic carbocycles. The van der Waals surface area contributed by atoms with Gasteiger partial charge in [-0.3, -0.25) is 0 Å². The Morgan fingerprint density at radius 2 is 2.25 bits per heavy atom. The zero-order valence-corrected chi connectivity index (χ0v) is 6.61. The number of hydrogen-bond donors (Lipinski definition) is 1. The molecule has 0 aromatic rings.